The molecule has 0 amide bonds. The first kappa shape index (κ1) is 14.2. The van der Waals surface area contributed by atoms with Crippen LogP contribution in [0.5, 0.6) is 5.75 Å². The lowest BCUT2D eigenvalue weighted by Gasteiger charge is -2.37. The summed E-state index contributed by atoms with van der Waals surface area (Å²) in [5, 5.41) is 12.7. The number of likely N-dealkylation sites (N-methyl/N-ethyl adjacent to an activating group) is 2. The highest BCUT2D eigenvalue weighted by Crippen LogP contribution is 2.14. The van der Waals surface area contributed by atoms with Crippen LogP contribution in [0, 0.1) is 5.82 Å². The van der Waals surface area contributed by atoms with Gasteiger partial charge in [-0.15, -0.1) is 0 Å². The second kappa shape index (κ2) is 6.32. The summed E-state index contributed by atoms with van der Waals surface area (Å²) >= 11 is 0. The summed E-state index contributed by atoms with van der Waals surface area (Å²) in [7, 11) is 4.26. The fourth-order valence-electron chi connectivity index (χ4n) is 2.44. The van der Waals surface area contributed by atoms with Gasteiger partial charge in [-0.1, -0.05) is 0 Å². The van der Waals surface area contributed by atoms with Crippen LogP contribution in [0.2, 0.25) is 0 Å². The van der Waals surface area contributed by atoms with Crippen LogP contribution in [0.25, 0.3) is 0 Å². The quantitative estimate of drug-likeness (QED) is 0.849. The highest BCUT2D eigenvalue weighted by molar-refractivity contribution is 5.28. The smallest absolute Gasteiger partial charge is 0.127 e. The minimum absolute atomic E-state index is 0.0219. The number of phenols is 1. The Hall–Kier alpha value is -1.17. The maximum Gasteiger partial charge on any atom is 0.127 e. The summed E-state index contributed by atoms with van der Waals surface area (Å²) in [6.45, 7) is 4.64. The average molecular weight is 267 g/mol. The predicted octanol–water partition coefficient (Wildman–Crippen LogP) is 0.867. The van der Waals surface area contributed by atoms with Gasteiger partial charge >= 0.3 is 0 Å². The lowest BCUT2D eigenvalue weighted by Crippen LogP contribution is -2.53. The standard InChI is InChI=1S/C14H22FN3O/c1-17-3-4-18(2)13(10-17)9-16-8-11-5-12(15)7-14(19)6-11/h5-7,13,16,19H,3-4,8-10H2,1-2H3. The van der Waals surface area contributed by atoms with Gasteiger partial charge in [-0.3, -0.25) is 4.90 Å². The SMILES string of the molecule is CN1CCN(C)C(CNCc2cc(O)cc(F)c2)C1. The van der Waals surface area contributed by atoms with E-state index in [2.05, 4.69) is 29.2 Å². The van der Waals surface area contributed by atoms with E-state index < -0.39 is 5.82 Å². The molecule has 0 radical (unpaired) electrons. The summed E-state index contributed by atoms with van der Waals surface area (Å²) in [5.74, 6) is -0.419. The Morgan fingerprint density at radius 1 is 1.32 bits per heavy atom. The van der Waals surface area contributed by atoms with Crippen molar-refractivity contribution < 1.29 is 9.50 Å². The molecular formula is C14H22FN3O. The van der Waals surface area contributed by atoms with E-state index in [0.717, 1.165) is 37.8 Å². The molecule has 1 unspecified atom stereocenters. The van der Waals surface area contributed by atoms with Gasteiger partial charge in [0.1, 0.15) is 11.6 Å². The molecule has 0 aliphatic carbocycles. The normalized spacial score (nSPS) is 21.7. The van der Waals surface area contributed by atoms with E-state index in [4.69, 9.17) is 0 Å². The van der Waals surface area contributed by atoms with Crippen LogP contribution in [0.1, 0.15) is 5.56 Å². The van der Waals surface area contributed by atoms with Crippen molar-refractivity contribution in [2.24, 2.45) is 0 Å². The molecule has 1 aliphatic heterocycles. The molecule has 106 valence electrons. The zero-order valence-corrected chi connectivity index (χ0v) is 11.6. The lowest BCUT2D eigenvalue weighted by molar-refractivity contribution is 0.113. The van der Waals surface area contributed by atoms with Crippen molar-refractivity contribution in [2.45, 2.75) is 12.6 Å². The van der Waals surface area contributed by atoms with Gasteiger partial charge in [0, 0.05) is 44.8 Å². The number of nitrogens with one attached hydrogen (secondary N) is 1. The van der Waals surface area contributed by atoms with Gasteiger partial charge < -0.3 is 15.3 Å². The van der Waals surface area contributed by atoms with Crippen LogP contribution in [0.4, 0.5) is 4.39 Å². The van der Waals surface area contributed by atoms with Crippen molar-refractivity contribution in [3.8, 4) is 5.75 Å². The third kappa shape index (κ3) is 4.16. The van der Waals surface area contributed by atoms with Crippen molar-refractivity contribution in [3.05, 3.63) is 29.6 Å². The van der Waals surface area contributed by atoms with Gasteiger partial charge in [0.15, 0.2) is 0 Å². The number of benzene rings is 1. The molecule has 1 heterocycles. The minimum atomic E-state index is -0.397. The number of hydrogen-bond donors (Lipinski definition) is 2. The van der Waals surface area contributed by atoms with Gasteiger partial charge in [-0.05, 0) is 31.8 Å². The number of rotatable bonds is 4. The summed E-state index contributed by atoms with van der Waals surface area (Å²) in [6.07, 6.45) is 0. The fourth-order valence-corrected chi connectivity index (χ4v) is 2.44. The molecule has 1 saturated heterocycles. The van der Waals surface area contributed by atoms with Crippen molar-refractivity contribution >= 4 is 0 Å². The topological polar surface area (TPSA) is 38.7 Å². The van der Waals surface area contributed by atoms with E-state index in [1.54, 1.807) is 6.07 Å². The van der Waals surface area contributed by atoms with E-state index in [-0.39, 0.29) is 5.75 Å². The van der Waals surface area contributed by atoms with E-state index in [9.17, 15) is 9.50 Å². The lowest BCUT2D eigenvalue weighted by atomic mass is 10.1. The summed E-state index contributed by atoms with van der Waals surface area (Å²) < 4.78 is 13.1. The van der Waals surface area contributed by atoms with Crippen LogP contribution >= 0.6 is 0 Å². The van der Waals surface area contributed by atoms with Crippen LogP contribution in [0.15, 0.2) is 18.2 Å². The Kier molecular flexibility index (Phi) is 4.74. The van der Waals surface area contributed by atoms with Crippen molar-refractivity contribution in [1.29, 1.82) is 0 Å². The van der Waals surface area contributed by atoms with Gasteiger partial charge in [0.25, 0.3) is 0 Å². The minimum Gasteiger partial charge on any atom is -0.508 e. The first-order valence-electron chi connectivity index (χ1n) is 6.62. The number of nitrogens with zero attached hydrogens (tertiary/aromatic N) is 2. The number of piperazine rings is 1. The van der Waals surface area contributed by atoms with Crippen molar-refractivity contribution in [3.63, 3.8) is 0 Å². The van der Waals surface area contributed by atoms with E-state index in [1.165, 1.54) is 6.07 Å². The maximum absolute atomic E-state index is 13.1. The summed E-state index contributed by atoms with van der Waals surface area (Å²) in [4.78, 5) is 4.66. The highest BCUT2D eigenvalue weighted by atomic mass is 19.1. The first-order valence-corrected chi connectivity index (χ1v) is 6.62. The molecule has 1 aromatic rings. The number of halogens is 1. The Morgan fingerprint density at radius 3 is 2.84 bits per heavy atom. The molecule has 1 atom stereocenters. The fraction of sp³-hybridized carbons (Fsp3) is 0.571. The monoisotopic (exact) mass is 267 g/mol. The van der Waals surface area contributed by atoms with Crippen LogP contribution < -0.4 is 5.32 Å². The van der Waals surface area contributed by atoms with Gasteiger partial charge in [-0.25, -0.2) is 4.39 Å². The molecule has 1 aliphatic rings. The van der Waals surface area contributed by atoms with Gasteiger partial charge in [0.2, 0.25) is 0 Å². The summed E-state index contributed by atoms with van der Waals surface area (Å²) in [6, 6.07) is 4.63. The molecule has 4 nitrogen and oxygen atoms in total. The Balaban J connectivity index is 1.82. The van der Waals surface area contributed by atoms with Gasteiger partial charge in [-0.2, -0.15) is 0 Å². The molecular weight excluding hydrogens is 245 g/mol. The van der Waals surface area contributed by atoms with Crippen LogP contribution in [0.3, 0.4) is 0 Å². The third-order valence-corrected chi connectivity index (χ3v) is 3.63. The van der Waals surface area contributed by atoms with Crippen LogP contribution in [-0.4, -0.2) is 61.2 Å². The molecule has 0 saturated carbocycles. The largest absolute Gasteiger partial charge is 0.508 e. The number of hydrogen-bond acceptors (Lipinski definition) is 4. The molecule has 0 spiro atoms. The van der Waals surface area contributed by atoms with Gasteiger partial charge in [0.05, 0.1) is 0 Å². The molecule has 1 aromatic carbocycles. The van der Waals surface area contributed by atoms with E-state index >= 15 is 0 Å². The molecule has 2 N–H and O–H groups in total. The zero-order valence-electron chi connectivity index (χ0n) is 11.6. The van der Waals surface area contributed by atoms with Crippen molar-refractivity contribution in [2.75, 3.05) is 40.3 Å². The Labute approximate surface area is 113 Å². The zero-order chi connectivity index (χ0) is 13.8. The summed E-state index contributed by atoms with van der Waals surface area (Å²) in [5.41, 5.74) is 0.768. The molecule has 1 fully saturated rings. The average Bonchev–Trinajstić information content (AvgIpc) is 2.32. The Bertz CT molecular complexity index is 407. The molecule has 0 aromatic heterocycles. The number of phenolic OH excluding ortho intramolecular Hbond substituents is 1. The van der Waals surface area contributed by atoms with E-state index in [1.807, 2.05) is 0 Å². The molecule has 19 heavy (non-hydrogen) atoms. The van der Waals surface area contributed by atoms with Crippen molar-refractivity contribution in [1.82, 2.24) is 15.1 Å². The molecule has 5 heteroatoms. The van der Waals surface area contributed by atoms with E-state index in [0.29, 0.717) is 12.6 Å². The highest BCUT2D eigenvalue weighted by Gasteiger charge is 2.21. The number of aromatic hydroxyl groups is 1. The predicted molar refractivity (Wildman–Crippen MR) is 73.7 cm³/mol. The van der Waals surface area contributed by atoms with Crippen LogP contribution in [-0.2, 0) is 6.54 Å². The second-order valence-electron chi connectivity index (χ2n) is 5.35. The molecule has 0 bridgehead atoms. The molecule has 2 rings (SSSR count). The maximum atomic E-state index is 13.1. The Morgan fingerprint density at radius 2 is 2.11 bits per heavy atom. The third-order valence-electron chi connectivity index (χ3n) is 3.63. The second-order valence-corrected chi connectivity index (χ2v) is 5.35. The first-order chi connectivity index (χ1) is 9.04.